The van der Waals surface area contributed by atoms with Crippen LogP contribution in [0.3, 0.4) is 0 Å². The van der Waals surface area contributed by atoms with Crippen molar-refractivity contribution in [2.24, 2.45) is 0 Å². The predicted octanol–water partition coefficient (Wildman–Crippen LogP) is 6.22. The molecule has 1 aliphatic rings. The SMILES string of the molecule is Cc1ccc(S(=O)(=O)n2cc(-c3ccc(OC4CCOCC4)c(Cl)c3)c3cc(Br)cnc32)cc1. The molecule has 1 aliphatic heterocycles. The number of hydrogen-bond acceptors (Lipinski definition) is 5. The molecule has 2 aromatic heterocycles. The lowest BCUT2D eigenvalue weighted by Crippen LogP contribution is -2.25. The standard InChI is InChI=1S/C25H22BrClN2O4S/c1-16-2-5-20(6-3-16)34(30,31)29-15-22(21-13-18(26)14-28-25(21)29)17-4-7-24(23(27)12-17)33-19-8-10-32-11-9-19/h2-7,12-15,19H,8-11H2,1H3. The zero-order chi connectivity index (χ0) is 23.9. The number of nitrogens with zero attached hydrogens (tertiary/aromatic N) is 2. The van der Waals surface area contributed by atoms with Crippen LogP contribution in [0.5, 0.6) is 5.75 Å². The maximum Gasteiger partial charge on any atom is 0.269 e. The summed E-state index contributed by atoms with van der Waals surface area (Å²) in [6.07, 6.45) is 4.90. The molecule has 0 saturated carbocycles. The van der Waals surface area contributed by atoms with Crippen LogP contribution in [0.4, 0.5) is 0 Å². The molecule has 3 heterocycles. The highest BCUT2D eigenvalue weighted by atomic mass is 79.9. The van der Waals surface area contributed by atoms with Gasteiger partial charge in [-0.25, -0.2) is 17.4 Å². The van der Waals surface area contributed by atoms with E-state index < -0.39 is 10.0 Å². The number of ether oxygens (including phenoxy) is 2. The summed E-state index contributed by atoms with van der Waals surface area (Å²) in [5.74, 6) is 0.604. The smallest absolute Gasteiger partial charge is 0.269 e. The third-order valence-corrected chi connectivity index (χ3v) is 8.25. The average molecular weight is 562 g/mol. The van der Waals surface area contributed by atoms with Gasteiger partial charge in [0.15, 0.2) is 5.65 Å². The molecule has 0 spiro atoms. The lowest BCUT2D eigenvalue weighted by Gasteiger charge is -2.23. The Labute approximate surface area is 211 Å². The van der Waals surface area contributed by atoms with Crippen molar-refractivity contribution in [3.05, 3.63) is 76.0 Å². The topological polar surface area (TPSA) is 70.4 Å². The molecule has 0 amide bonds. The van der Waals surface area contributed by atoms with Gasteiger partial charge in [-0.15, -0.1) is 0 Å². The van der Waals surface area contributed by atoms with Crippen molar-refractivity contribution >= 4 is 48.6 Å². The highest BCUT2D eigenvalue weighted by Crippen LogP contribution is 2.37. The van der Waals surface area contributed by atoms with Crippen LogP contribution in [0.1, 0.15) is 18.4 Å². The fourth-order valence-electron chi connectivity index (χ4n) is 4.03. The molecule has 6 nitrogen and oxygen atoms in total. The second-order valence-corrected chi connectivity index (χ2v) is 11.4. The summed E-state index contributed by atoms with van der Waals surface area (Å²) in [5, 5.41) is 1.16. The largest absolute Gasteiger partial charge is 0.489 e. The van der Waals surface area contributed by atoms with Gasteiger partial charge < -0.3 is 9.47 Å². The molecule has 0 radical (unpaired) electrons. The maximum absolute atomic E-state index is 13.5. The zero-order valence-corrected chi connectivity index (χ0v) is 21.5. The van der Waals surface area contributed by atoms with Gasteiger partial charge in [0.1, 0.15) is 11.9 Å². The first-order valence-corrected chi connectivity index (χ1v) is 13.5. The van der Waals surface area contributed by atoms with E-state index in [0.717, 1.165) is 28.4 Å². The molecule has 9 heteroatoms. The molecular weight excluding hydrogens is 540 g/mol. The van der Waals surface area contributed by atoms with Crippen LogP contribution >= 0.6 is 27.5 Å². The Hall–Kier alpha value is -2.39. The Kier molecular flexibility index (Phi) is 6.41. The second kappa shape index (κ2) is 9.34. The Morgan fingerprint density at radius 3 is 2.56 bits per heavy atom. The first kappa shape index (κ1) is 23.4. The third kappa shape index (κ3) is 4.47. The van der Waals surface area contributed by atoms with Crippen molar-refractivity contribution in [2.45, 2.75) is 30.8 Å². The average Bonchev–Trinajstić information content (AvgIpc) is 3.21. The van der Waals surface area contributed by atoms with E-state index in [4.69, 9.17) is 21.1 Å². The van der Waals surface area contributed by atoms with Crippen molar-refractivity contribution in [3.8, 4) is 16.9 Å². The molecule has 0 aliphatic carbocycles. The van der Waals surface area contributed by atoms with Crippen molar-refractivity contribution in [3.63, 3.8) is 0 Å². The van der Waals surface area contributed by atoms with E-state index in [-0.39, 0.29) is 11.0 Å². The van der Waals surface area contributed by atoms with Gasteiger partial charge in [0.2, 0.25) is 0 Å². The Bertz CT molecular complexity index is 1460. The summed E-state index contributed by atoms with van der Waals surface area (Å²) >= 11 is 10.0. The Balaban J connectivity index is 1.58. The van der Waals surface area contributed by atoms with Crippen molar-refractivity contribution in [1.82, 2.24) is 8.96 Å². The summed E-state index contributed by atoms with van der Waals surface area (Å²) < 4.78 is 40.4. The normalized spacial score (nSPS) is 15.0. The Morgan fingerprint density at radius 2 is 1.85 bits per heavy atom. The van der Waals surface area contributed by atoms with E-state index in [0.29, 0.717) is 40.6 Å². The Morgan fingerprint density at radius 1 is 1.12 bits per heavy atom. The minimum Gasteiger partial charge on any atom is -0.489 e. The molecule has 2 aromatic carbocycles. The number of halogens is 2. The van der Waals surface area contributed by atoms with Gasteiger partial charge in [-0.3, -0.25) is 0 Å². The molecule has 1 fully saturated rings. The predicted molar refractivity (Wildman–Crippen MR) is 136 cm³/mol. The van der Waals surface area contributed by atoms with Gasteiger partial charge in [-0.2, -0.15) is 0 Å². The van der Waals surface area contributed by atoms with Crippen LogP contribution in [0.25, 0.3) is 22.2 Å². The number of aryl methyl sites for hydroxylation is 1. The molecule has 0 bridgehead atoms. The zero-order valence-electron chi connectivity index (χ0n) is 18.4. The molecule has 5 rings (SSSR count). The first-order chi connectivity index (χ1) is 16.3. The van der Waals surface area contributed by atoms with Crippen molar-refractivity contribution in [2.75, 3.05) is 13.2 Å². The van der Waals surface area contributed by atoms with Gasteiger partial charge in [0.25, 0.3) is 10.0 Å². The van der Waals surface area contributed by atoms with Crippen molar-refractivity contribution in [1.29, 1.82) is 0 Å². The minimum atomic E-state index is -3.85. The summed E-state index contributed by atoms with van der Waals surface area (Å²) in [5.41, 5.74) is 2.81. The van der Waals surface area contributed by atoms with E-state index in [1.807, 2.05) is 25.1 Å². The van der Waals surface area contributed by atoms with E-state index >= 15 is 0 Å². The van der Waals surface area contributed by atoms with Crippen LogP contribution in [0.2, 0.25) is 5.02 Å². The van der Waals surface area contributed by atoms with Gasteiger partial charge in [0.05, 0.1) is 23.1 Å². The number of aromatic nitrogens is 2. The molecule has 176 valence electrons. The van der Waals surface area contributed by atoms with Crippen LogP contribution < -0.4 is 4.74 Å². The van der Waals surface area contributed by atoms with E-state index in [2.05, 4.69) is 20.9 Å². The van der Waals surface area contributed by atoms with Crippen LogP contribution in [0.15, 0.2) is 70.3 Å². The molecule has 0 unspecified atom stereocenters. The highest BCUT2D eigenvalue weighted by Gasteiger charge is 2.24. The fourth-order valence-corrected chi connectivity index (χ4v) is 5.91. The maximum atomic E-state index is 13.5. The molecule has 0 N–H and O–H groups in total. The number of pyridine rings is 1. The van der Waals surface area contributed by atoms with E-state index in [1.165, 1.54) is 3.97 Å². The van der Waals surface area contributed by atoms with Gasteiger partial charge in [-0.05, 0) is 58.7 Å². The molecular formula is C25H22BrClN2O4S. The van der Waals surface area contributed by atoms with E-state index in [9.17, 15) is 8.42 Å². The quantitative estimate of drug-likeness (QED) is 0.289. The van der Waals surface area contributed by atoms with E-state index in [1.54, 1.807) is 42.7 Å². The molecule has 34 heavy (non-hydrogen) atoms. The molecule has 0 atom stereocenters. The lowest BCUT2D eigenvalue weighted by atomic mass is 10.1. The molecule has 4 aromatic rings. The summed E-state index contributed by atoms with van der Waals surface area (Å²) in [7, 11) is -3.85. The number of rotatable bonds is 5. The van der Waals surface area contributed by atoms with Gasteiger partial charge in [-0.1, -0.05) is 35.4 Å². The van der Waals surface area contributed by atoms with Crippen molar-refractivity contribution < 1.29 is 17.9 Å². The van der Waals surface area contributed by atoms with Crippen LogP contribution in [-0.2, 0) is 14.8 Å². The number of benzene rings is 2. The molecule has 1 saturated heterocycles. The minimum absolute atomic E-state index is 0.0684. The number of fused-ring (bicyclic) bond motifs is 1. The fraction of sp³-hybridized carbons (Fsp3) is 0.240. The third-order valence-electron chi connectivity index (χ3n) is 5.86. The van der Waals surface area contributed by atoms with Gasteiger partial charge >= 0.3 is 0 Å². The highest BCUT2D eigenvalue weighted by molar-refractivity contribution is 9.10. The van der Waals surface area contributed by atoms with Gasteiger partial charge in [0, 0.05) is 40.7 Å². The lowest BCUT2D eigenvalue weighted by molar-refractivity contribution is 0.0256. The summed E-state index contributed by atoms with van der Waals surface area (Å²) in [6.45, 7) is 3.27. The second-order valence-electron chi connectivity index (χ2n) is 8.26. The first-order valence-electron chi connectivity index (χ1n) is 10.9. The summed E-state index contributed by atoms with van der Waals surface area (Å²) in [4.78, 5) is 4.62. The summed E-state index contributed by atoms with van der Waals surface area (Å²) in [6, 6.07) is 14.1. The monoisotopic (exact) mass is 560 g/mol. The van der Waals surface area contributed by atoms with Crippen LogP contribution in [0, 0.1) is 6.92 Å². The van der Waals surface area contributed by atoms with Crippen LogP contribution in [-0.4, -0.2) is 36.7 Å². The number of hydrogen-bond donors (Lipinski definition) is 0.